The molecule has 0 bridgehead atoms. The number of aromatic hydroxyl groups is 1. The number of carboxylic acids is 1. The van der Waals surface area contributed by atoms with Crippen LogP contribution in [0.4, 0.5) is 0 Å². The number of benzene rings is 1. The summed E-state index contributed by atoms with van der Waals surface area (Å²) in [5.41, 5.74) is 0.913. The number of aliphatic carboxylic acids is 1. The molecular formula is C14H21NO4. The highest BCUT2D eigenvalue weighted by molar-refractivity contribution is 5.69. The molecule has 1 aromatic rings. The van der Waals surface area contributed by atoms with Gasteiger partial charge in [-0.2, -0.15) is 0 Å². The standard InChI is InChI=1S/C14H21NO4/c1-4-10(2)15(9-14(17)18)8-11-5-6-12(16)13(7-11)19-3/h5-7,10,16H,4,8-9H2,1-3H3,(H,17,18). The van der Waals surface area contributed by atoms with Gasteiger partial charge in [0.1, 0.15) is 0 Å². The van der Waals surface area contributed by atoms with E-state index in [1.54, 1.807) is 18.2 Å². The predicted octanol–water partition coefficient (Wildman–Crippen LogP) is 2.09. The summed E-state index contributed by atoms with van der Waals surface area (Å²) in [7, 11) is 1.49. The number of nitrogens with zero attached hydrogens (tertiary/aromatic N) is 1. The summed E-state index contributed by atoms with van der Waals surface area (Å²) in [6, 6.07) is 5.24. The molecule has 5 heteroatoms. The van der Waals surface area contributed by atoms with Crippen molar-refractivity contribution in [2.45, 2.75) is 32.9 Å². The second-order valence-electron chi connectivity index (χ2n) is 4.56. The highest BCUT2D eigenvalue weighted by atomic mass is 16.5. The summed E-state index contributed by atoms with van der Waals surface area (Å²) in [5.74, 6) is -0.359. The lowest BCUT2D eigenvalue weighted by molar-refractivity contribution is -0.139. The van der Waals surface area contributed by atoms with Gasteiger partial charge in [0, 0.05) is 12.6 Å². The van der Waals surface area contributed by atoms with Gasteiger partial charge >= 0.3 is 5.97 Å². The molecule has 0 aliphatic rings. The quantitative estimate of drug-likeness (QED) is 0.791. The van der Waals surface area contributed by atoms with Crippen molar-refractivity contribution in [2.75, 3.05) is 13.7 Å². The molecule has 19 heavy (non-hydrogen) atoms. The van der Waals surface area contributed by atoms with Gasteiger partial charge in [0.05, 0.1) is 13.7 Å². The van der Waals surface area contributed by atoms with Crippen molar-refractivity contribution in [2.24, 2.45) is 0 Å². The smallest absolute Gasteiger partial charge is 0.317 e. The van der Waals surface area contributed by atoms with Gasteiger partial charge in [-0.1, -0.05) is 13.0 Å². The van der Waals surface area contributed by atoms with Crippen LogP contribution in [0.2, 0.25) is 0 Å². The number of rotatable bonds is 7. The van der Waals surface area contributed by atoms with Gasteiger partial charge in [-0.15, -0.1) is 0 Å². The summed E-state index contributed by atoms with van der Waals surface area (Å²) in [4.78, 5) is 12.8. The van der Waals surface area contributed by atoms with Crippen molar-refractivity contribution in [3.63, 3.8) is 0 Å². The predicted molar refractivity (Wildman–Crippen MR) is 72.5 cm³/mol. The van der Waals surface area contributed by atoms with Crippen molar-refractivity contribution < 1.29 is 19.7 Å². The highest BCUT2D eigenvalue weighted by Gasteiger charge is 2.16. The molecule has 0 heterocycles. The molecule has 2 N–H and O–H groups in total. The Morgan fingerprint density at radius 1 is 1.47 bits per heavy atom. The maximum absolute atomic E-state index is 10.9. The molecular weight excluding hydrogens is 246 g/mol. The first-order valence-corrected chi connectivity index (χ1v) is 6.29. The zero-order valence-corrected chi connectivity index (χ0v) is 11.6. The number of hydrogen-bond acceptors (Lipinski definition) is 4. The fourth-order valence-corrected chi connectivity index (χ4v) is 1.85. The zero-order chi connectivity index (χ0) is 14.4. The van der Waals surface area contributed by atoms with Gasteiger partial charge in [-0.25, -0.2) is 0 Å². The van der Waals surface area contributed by atoms with E-state index in [0.29, 0.717) is 12.3 Å². The molecule has 0 radical (unpaired) electrons. The minimum atomic E-state index is -0.842. The minimum absolute atomic E-state index is 0.00179. The fourth-order valence-electron chi connectivity index (χ4n) is 1.85. The van der Waals surface area contributed by atoms with Crippen LogP contribution in [0.1, 0.15) is 25.8 Å². The third-order valence-electron chi connectivity index (χ3n) is 3.18. The van der Waals surface area contributed by atoms with E-state index in [0.717, 1.165) is 12.0 Å². The van der Waals surface area contributed by atoms with Gasteiger partial charge in [0.2, 0.25) is 0 Å². The number of carbonyl (C=O) groups is 1. The third kappa shape index (κ3) is 4.44. The molecule has 0 saturated heterocycles. The van der Waals surface area contributed by atoms with E-state index in [-0.39, 0.29) is 18.3 Å². The molecule has 0 saturated carbocycles. The molecule has 0 amide bonds. The molecule has 0 aliphatic carbocycles. The first kappa shape index (κ1) is 15.3. The van der Waals surface area contributed by atoms with Gasteiger partial charge in [-0.05, 0) is 31.0 Å². The molecule has 0 fully saturated rings. The number of methoxy groups -OCH3 is 1. The van der Waals surface area contributed by atoms with Crippen LogP contribution in [0.3, 0.4) is 0 Å². The second kappa shape index (κ2) is 6.99. The maximum atomic E-state index is 10.9. The molecule has 1 aromatic carbocycles. The monoisotopic (exact) mass is 267 g/mol. The molecule has 1 unspecified atom stereocenters. The number of phenolic OH excluding ortho intramolecular Hbond substituents is 1. The molecule has 5 nitrogen and oxygen atoms in total. The van der Waals surface area contributed by atoms with Crippen LogP contribution in [-0.2, 0) is 11.3 Å². The van der Waals surface area contributed by atoms with Crippen LogP contribution in [0.5, 0.6) is 11.5 Å². The topological polar surface area (TPSA) is 70.0 Å². The first-order valence-electron chi connectivity index (χ1n) is 6.29. The molecule has 1 rings (SSSR count). The zero-order valence-electron chi connectivity index (χ0n) is 11.6. The van der Waals surface area contributed by atoms with Crippen LogP contribution in [0.25, 0.3) is 0 Å². The first-order chi connectivity index (χ1) is 8.97. The number of ether oxygens (including phenoxy) is 1. The number of phenols is 1. The van der Waals surface area contributed by atoms with E-state index in [1.165, 1.54) is 7.11 Å². The number of carboxylic acid groups (broad SMARTS) is 1. The van der Waals surface area contributed by atoms with Gasteiger partial charge in [-0.3, -0.25) is 9.69 Å². The van der Waals surface area contributed by atoms with Crippen LogP contribution in [0, 0.1) is 0 Å². The van der Waals surface area contributed by atoms with E-state index in [2.05, 4.69) is 0 Å². The van der Waals surface area contributed by atoms with Crippen LogP contribution < -0.4 is 4.74 Å². The molecule has 0 spiro atoms. The Bertz CT molecular complexity index is 433. The average molecular weight is 267 g/mol. The van der Waals surface area contributed by atoms with E-state index in [9.17, 15) is 9.90 Å². The third-order valence-corrected chi connectivity index (χ3v) is 3.18. The number of hydrogen-bond donors (Lipinski definition) is 2. The average Bonchev–Trinajstić information content (AvgIpc) is 2.38. The maximum Gasteiger partial charge on any atom is 0.317 e. The van der Waals surface area contributed by atoms with Crippen LogP contribution in [-0.4, -0.2) is 40.8 Å². The second-order valence-corrected chi connectivity index (χ2v) is 4.56. The van der Waals surface area contributed by atoms with Crippen molar-refractivity contribution in [1.29, 1.82) is 0 Å². The Balaban J connectivity index is 2.86. The van der Waals surface area contributed by atoms with E-state index in [1.807, 2.05) is 18.7 Å². The van der Waals surface area contributed by atoms with Crippen molar-refractivity contribution in [1.82, 2.24) is 4.90 Å². The summed E-state index contributed by atoms with van der Waals surface area (Å²) in [5, 5.41) is 18.5. The highest BCUT2D eigenvalue weighted by Crippen LogP contribution is 2.27. The molecule has 0 aromatic heterocycles. The lowest BCUT2D eigenvalue weighted by Gasteiger charge is -2.26. The summed E-state index contributed by atoms with van der Waals surface area (Å²) in [6.45, 7) is 4.54. The van der Waals surface area contributed by atoms with E-state index >= 15 is 0 Å². The largest absolute Gasteiger partial charge is 0.504 e. The van der Waals surface area contributed by atoms with Crippen LogP contribution >= 0.6 is 0 Å². The summed E-state index contributed by atoms with van der Waals surface area (Å²) < 4.78 is 5.05. The van der Waals surface area contributed by atoms with Crippen molar-refractivity contribution >= 4 is 5.97 Å². The van der Waals surface area contributed by atoms with Gasteiger partial charge in [0.25, 0.3) is 0 Å². The summed E-state index contributed by atoms with van der Waals surface area (Å²) >= 11 is 0. The Kier molecular flexibility index (Phi) is 5.63. The summed E-state index contributed by atoms with van der Waals surface area (Å²) in [6.07, 6.45) is 0.877. The Morgan fingerprint density at radius 2 is 2.16 bits per heavy atom. The molecule has 0 aliphatic heterocycles. The molecule has 106 valence electrons. The van der Waals surface area contributed by atoms with Crippen molar-refractivity contribution in [3.05, 3.63) is 23.8 Å². The van der Waals surface area contributed by atoms with Gasteiger partial charge in [0.15, 0.2) is 11.5 Å². The normalized spacial score (nSPS) is 12.4. The Hall–Kier alpha value is -1.75. The van der Waals surface area contributed by atoms with E-state index in [4.69, 9.17) is 9.84 Å². The lowest BCUT2D eigenvalue weighted by Crippen LogP contribution is -2.36. The molecule has 1 atom stereocenters. The van der Waals surface area contributed by atoms with Crippen LogP contribution in [0.15, 0.2) is 18.2 Å². The Morgan fingerprint density at radius 3 is 2.68 bits per heavy atom. The van der Waals surface area contributed by atoms with Gasteiger partial charge < -0.3 is 14.9 Å². The van der Waals surface area contributed by atoms with Crippen molar-refractivity contribution in [3.8, 4) is 11.5 Å². The fraction of sp³-hybridized carbons (Fsp3) is 0.500. The van der Waals surface area contributed by atoms with E-state index < -0.39 is 5.97 Å². The lowest BCUT2D eigenvalue weighted by atomic mass is 10.1. The minimum Gasteiger partial charge on any atom is -0.504 e. The SMILES string of the molecule is CCC(C)N(CC(=O)O)Cc1ccc(O)c(OC)c1. The Labute approximate surface area is 113 Å².